The maximum absolute atomic E-state index is 12.4. The minimum atomic E-state index is -0.143. The zero-order valence-corrected chi connectivity index (χ0v) is 13.0. The first-order valence-corrected chi connectivity index (χ1v) is 7.73. The van der Waals surface area contributed by atoms with Gasteiger partial charge >= 0.3 is 0 Å². The highest BCUT2D eigenvalue weighted by molar-refractivity contribution is 5.92. The molecule has 0 radical (unpaired) electrons. The van der Waals surface area contributed by atoms with Crippen molar-refractivity contribution in [3.8, 4) is 11.4 Å². The molecule has 0 saturated heterocycles. The van der Waals surface area contributed by atoms with Gasteiger partial charge in [0.15, 0.2) is 0 Å². The van der Waals surface area contributed by atoms with Gasteiger partial charge in [0.1, 0.15) is 11.4 Å². The number of hydrogen-bond donors (Lipinski definition) is 1. The first-order valence-electron chi connectivity index (χ1n) is 7.73. The molecule has 0 unspecified atom stereocenters. The number of hydrogen-bond acceptors (Lipinski definition) is 4. The van der Waals surface area contributed by atoms with Crippen molar-refractivity contribution >= 4 is 5.91 Å². The normalized spacial score (nSPS) is 21.5. The van der Waals surface area contributed by atoms with Gasteiger partial charge in [0.25, 0.3) is 5.91 Å². The predicted molar refractivity (Wildman–Crippen MR) is 83.1 cm³/mol. The van der Waals surface area contributed by atoms with Crippen molar-refractivity contribution in [2.75, 3.05) is 0 Å². The van der Waals surface area contributed by atoms with Gasteiger partial charge in [-0.15, -0.1) is 0 Å². The molecular weight excluding hydrogens is 278 g/mol. The number of nitrogens with one attached hydrogen (secondary N) is 1. The molecule has 116 valence electrons. The van der Waals surface area contributed by atoms with Crippen LogP contribution in [0.1, 0.15) is 43.1 Å². The van der Waals surface area contributed by atoms with Crippen LogP contribution in [0.2, 0.25) is 0 Å². The fraction of sp³-hybridized carbons (Fsp3) is 0.500. The van der Waals surface area contributed by atoms with Gasteiger partial charge in [-0.05, 0) is 31.6 Å². The van der Waals surface area contributed by atoms with Crippen molar-refractivity contribution in [2.45, 2.75) is 38.6 Å². The van der Waals surface area contributed by atoms with Crippen LogP contribution in [-0.4, -0.2) is 31.5 Å². The van der Waals surface area contributed by atoms with Crippen molar-refractivity contribution in [2.24, 2.45) is 13.0 Å². The number of rotatable bonds is 3. The third-order valence-corrected chi connectivity index (χ3v) is 4.30. The number of amides is 1. The molecule has 2 aromatic heterocycles. The summed E-state index contributed by atoms with van der Waals surface area (Å²) in [6, 6.07) is 0.255. The topological polar surface area (TPSA) is 72.7 Å². The van der Waals surface area contributed by atoms with Crippen molar-refractivity contribution in [1.82, 2.24) is 24.8 Å². The molecule has 1 fully saturated rings. The minimum Gasteiger partial charge on any atom is -0.348 e. The highest BCUT2D eigenvalue weighted by Gasteiger charge is 2.21. The minimum absolute atomic E-state index is 0.143. The van der Waals surface area contributed by atoms with E-state index < -0.39 is 0 Å². The highest BCUT2D eigenvalue weighted by Crippen LogP contribution is 2.23. The Morgan fingerprint density at radius 3 is 2.64 bits per heavy atom. The van der Waals surface area contributed by atoms with Crippen LogP contribution in [0.25, 0.3) is 11.4 Å². The van der Waals surface area contributed by atoms with Gasteiger partial charge in [0.2, 0.25) is 0 Å². The number of aryl methyl sites for hydroxylation is 1. The van der Waals surface area contributed by atoms with Crippen LogP contribution in [0.5, 0.6) is 0 Å². The lowest BCUT2D eigenvalue weighted by Gasteiger charge is -2.26. The molecule has 0 aromatic carbocycles. The third-order valence-electron chi connectivity index (χ3n) is 4.30. The first-order chi connectivity index (χ1) is 10.6. The van der Waals surface area contributed by atoms with Crippen LogP contribution < -0.4 is 5.32 Å². The maximum atomic E-state index is 12.4. The predicted octanol–water partition coefficient (Wildman–Crippen LogP) is 2.19. The molecule has 1 amide bonds. The molecule has 1 aliphatic carbocycles. The number of nitrogens with zero attached hydrogens (tertiary/aromatic N) is 4. The summed E-state index contributed by atoms with van der Waals surface area (Å²) < 4.78 is 1.86. The Hall–Kier alpha value is -2.24. The summed E-state index contributed by atoms with van der Waals surface area (Å²) in [5.41, 5.74) is 1.86. The second kappa shape index (κ2) is 6.25. The SMILES string of the molecule is CC1CCC(NC(=O)c2cncc(-c3cncn3C)n2)CC1. The Bertz CT molecular complexity index is 658. The van der Waals surface area contributed by atoms with Gasteiger partial charge < -0.3 is 9.88 Å². The average Bonchev–Trinajstić information content (AvgIpc) is 2.96. The summed E-state index contributed by atoms with van der Waals surface area (Å²) in [4.78, 5) is 25.0. The lowest BCUT2D eigenvalue weighted by molar-refractivity contribution is 0.0917. The summed E-state index contributed by atoms with van der Waals surface area (Å²) in [6.45, 7) is 2.26. The molecule has 2 heterocycles. The Kier molecular flexibility index (Phi) is 4.18. The van der Waals surface area contributed by atoms with Crippen LogP contribution in [0, 0.1) is 5.92 Å². The van der Waals surface area contributed by atoms with Gasteiger partial charge in [-0.3, -0.25) is 9.78 Å². The van der Waals surface area contributed by atoms with Gasteiger partial charge in [-0.1, -0.05) is 6.92 Å². The summed E-state index contributed by atoms with van der Waals surface area (Å²) in [6.07, 6.45) is 11.0. The standard InChI is InChI=1S/C16H21N5O/c1-11-3-5-12(6-4-11)19-16(22)14-8-17-7-13(20-14)15-9-18-10-21(15)2/h7-12H,3-6H2,1-2H3,(H,19,22). The molecule has 0 bridgehead atoms. The quantitative estimate of drug-likeness (QED) is 0.943. The molecule has 2 aromatic rings. The number of imidazole rings is 1. The van der Waals surface area contributed by atoms with E-state index in [1.54, 1.807) is 18.7 Å². The summed E-state index contributed by atoms with van der Waals surface area (Å²) in [7, 11) is 1.89. The summed E-state index contributed by atoms with van der Waals surface area (Å²) in [5.74, 6) is 0.622. The van der Waals surface area contributed by atoms with Gasteiger partial charge in [0.05, 0.1) is 30.6 Å². The Balaban J connectivity index is 1.72. The second-order valence-electron chi connectivity index (χ2n) is 6.11. The molecule has 22 heavy (non-hydrogen) atoms. The van der Waals surface area contributed by atoms with E-state index in [9.17, 15) is 4.79 Å². The zero-order valence-electron chi connectivity index (χ0n) is 13.0. The molecule has 1 N–H and O–H groups in total. The molecule has 1 saturated carbocycles. The fourth-order valence-electron chi connectivity index (χ4n) is 2.87. The Morgan fingerprint density at radius 1 is 1.18 bits per heavy atom. The number of carbonyl (C=O) groups excluding carboxylic acids is 1. The molecule has 6 nitrogen and oxygen atoms in total. The third kappa shape index (κ3) is 3.16. The molecule has 1 aliphatic rings. The van der Waals surface area contributed by atoms with Crippen LogP contribution in [0.4, 0.5) is 0 Å². The smallest absolute Gasteiger partial charge is 0.271 e. The molecule has 3 rings (SSSR count). The van der Waals surface area contributed by atoms with Crippen LogP contribution >= 0.6 is 0 Å². The fourth-order valence-corrected chi connectivity index (χ4v) is 2.87. The molecule has 0 atom stereocenters. The highest BCUT2D eigenvalue weighted by atomic mass is 16.1. The summed E-state index contributed by atoms with van der Waals surface area (Å²) in [5, 5.41) is 3.08. The molecule has 6 heteroatoms. The van der Waals surface area contributed by atoms with E-state index in [1.807, 2.05) is 11.6 Å². The van der Waals surface area contributed by atoms with E-state index in [4.69, 9.17) is 0 Å². The van der Waals surface area contributed by atoms with Crippen molar-refractivity contribution < 1.29 is 4.79 Å². The van der Waals surface area contributed by atoms with E-state index in [0.29, 0.717) is 11.4 Å². The molecule has 0 aliphatic heterocycles. The largest absolute Gasteiger partial charge is 0.348 e. The summed E-state index contributed by atoms with van der Waals surface area (Å²) >= 11 is 0. The van der Waals surface area contributed by atoms with Crippen LogP contribution in [-0.2, 0) is 7.05 Å². The second-order valence-corrected chi connectivity index (χ2v) is 6.11. The molecule has 0 spiro atoms. The van der Waals surface area contributed by atoms with Crippen molar-refractivity contribution in [3.63, 3.8) is 0 Å². The Labute approximate surface area is 130 Å². The van der Waals surface area contributed by atoms with Crippen molar-refractivity contribution in [3.05, 3.63) is 30.6 Å². The van der Waals surface area contributed by atoms with Gasteiger partial charge in [-0.2, -0.15) is 0 Å². The maximum Gasteiger partial charge on any atom is 0.271 e. The van der Waals surface area contributed by atoms with E-state index in [2.05, 4.69) is 27.2 Å². The molecular formula is C16H21N5O. The number of carbonyl (C=O) groups is 1. The first kappa shape index (κ1) is 14.7. The van der Waals surface area contributed by atoms with Gasteiger partial charge in [0, 0.05) is 13.1 Å². The monoisotopic (exact) mass is 299 g/mol. The zero-order chi connectivity index (χ0) is 15.5. The van der Waals surface area contributed by atoms with Crippen molar-refractivity contribution in [1.29, 1.82) is 0 Å². The van der Waals surface area contributed by atoms with Gasteiger partial charge in [-0.25, -0.2) is 9.97 Å². The van der Waals surface area contributed by atoms with E-state index in [-0.39, 0.29) is 11.9 Å². The van der Waals surface area contributed by atoms with E-state index in [0.717, 1.165) is 24.5 Å². The average molecular weight is 299 g/mol. The van der Waals surface area contributed by atoms with E-state index >= 15 is 0 Å². The van der Waals surface area contributed by atoms with E-state index in [1.165, 1.54) is 19.0 Å². The van der Waals surface area contributed by atoms with Crippen LogP contribution in [0.3, 0.4) is 0 Å². The lowest BCUT2D eigenvalue weighted by atomic mass is 9.87. The van der Waals surface area contributed by atoms with Crippen LogP contribution in [0.15, 0.2) is 24.9 Å². The Morgan fingerprint density at radius 2 is 1.95 bits per heavy atom. The number of aromatic nitrogens is 4. The lowest BCUT2D eigenvalue weighted by Crippen LogP contribution is -2.37.